The Morgan fingerprint density at radius 3 is 2.41 bits per heavy atom. The third kappa shape index (κ3) is 3.96. The second-order valence-corrected chi connectivity index (χ2v) is 10.0. The molecule has 4 rings (SSSR count). The molecule has 0 spiro atoms. The second-order valence-electron chi connectivity index (χ2n) is 8.10. The van der Waals surface area contributed by atoms with E-state index in [1.165, 1.54) is 4.31 Å². The Kier molecular flexibility index (Phi) is 5.92. The molecule has 2 heterocycles. The van der Waals surface area contributed by atoms with Gasteiger partial charge in [0.2, 0.25) is 10.0 Å². The average Bonchev–Trinajstić information content (AvgIpc) is 3.13. The zero-order valence-corrected chi connectivity index (χ0v) is 19.6. The molecule has 0 radical (unpaired) electrons. The van der Waals surface area contributed by atoms with E-state index in [4.69, 9.17) is 4.74 Å². The van der Waals surface area contributed by atoms with Gasteiger partial charge in [-0.05, 0) is 51.5 Å². The number of carbonyl (C=O) groups excluding carboxylic acids is 1. The zero-order valence-electron chi connectivity index (χ0n) is 18.8. The summed E-state index contributed by atoms with van der Waals surface area (Å²) in [5.74, 6) is -0.541. The zero-order chi connectivity index (χ0) is 23.0. The summed E-state index contributed by atoms with van der Waals surface area (Å²) in [6.45, 7) is 8.07. The van der Waals surface area contributed by atoms with E-state index >= 15 is 0 Å². The molecule has 1 aromatic heterocycles. The molecule has 0 bridgehead atoms. The number of rotatable bonds is 5. The topological polar surface area (TPSA) is 81.5 Å². The Morgan fingerprint density at radius 1 is 1.06 bits per heavy atom. The van der Waals surface area contributed by atoms with Crippen molar-refractivity contribution in [3.05, 3.63) is 76.1 Å². The van der Waals surface area contributed by atoms with Crippen molar-refractivity contribution in [3.8, 4) is 5.69 Å². The fourth-order valence-electron chi connectivity index (χ4n) is 4.09. The Balaban J connectivity index is 1.77. The highest BCUT2D eigenvalue weighted by Crippen LogP contribution is 2.30. The first-order valence-corrected chi connectivity index (χ1v) is 12.1. The third-order valence-electron chi connectivity index (χ3n) is 5.72. The molecule has 0 saturated carbocycles. The van der Waals surface area contributed by atoms with Crippen molar-refractivity contribution in [2.24, 2.45) is 0 Å². The molecule has 1 aliphatic rings. The van der Waals surface area contributed by atoms with Gasteiger partial charge in [-0.2, -0.15) is 9.40 Å². The molecular formula is C24H27N3O4S. The van der Waals surface area contributed by atoms with Gasteiger partial charge in [-0.25, -0.2) is 17.9 Å². The van der Waals surface area contributed by atoms with Gasteiger partial charge in [0.1, 0.15) is 0 Å². The van der Waals surface area contributed by atoms with Crippen molar-refractivity contribution in [2.75, 3.05) is 13.2 Å². The monoisotopic (exact) mass is 453 g/mol. The summed E-state index contributed by atoms with van der Waals surface area (Å²) in [7, 11) is -3.72. The number of aromatic nitrogens is 2. The van der Waals surface area contributed by atoms with Crippen molar-refractivity contribution in [1.29, 1.82) is 0 Å². The summed E-state index contributed by atoms with van der Waals surface area (Å²) < 4.78 is 35.2. The van der Waals surface area contributed by atoms with Crippen LogP contribution in [-0.4, -0.2) is 41.6 Å². The lowest BCUT2D eigenvalue weighted by Gasteiger charge is -2.27. The van der Waals surface area contributed by atoms with Crippen LogP contribution in [0.3, 0.4) is 0 Å². The van der Waals surface area contributed by atoms with E-state index in [0.29, 0.717) is 24.1 Å². The molecule has 1 aliphatic heterocycles. The summed E-state index contributed by atoms with van der Waals surface area (Å²) in [6, 6.07) is 13.2. The van der Waals surface area contributed by atoms with Gasteiger partial charge in [-0.1, -0.05) is 35.4 Å². The van der Waals surface area contributed by atoms with Gasteiger partial charge in [0, 0.05) is 25.1 Å². The van der Waals surface area contributed by atoms with Crippen LogP contribution in [0.25, 0.3) is 5.69 Å². The molecule has 0 atom stereocenters. The molecule has 2 aromatic carbocycles. The Labute approximate surface area is 188 Å². The molecule has 0 unspecified atom stereocenters. The molecule has 3 aromatic rings. The lowest BCUT2D eigenvalue weighted by molar-refractivity contribution is 0.0517. The van der Waals surface area contributed by atoms with E-state index in [-0.39, 0.29) is 23.7 Å². The minimum absolute atomic E-state index is 0.0744. The van der Waals surface area contributed by atoms with E-state index in [1.54, 1.807) is 30.7 Å². The number of fused-ring (bicyclic) bond motifs is 1. The number of nitrogens with zero attached hydrogens (tertiary/aromatic N) is 3. The third-order valence-corrected chi connectivity index (χ3v) is 7.72. The molecule has 0 fully saturated rings. The number of esters is 1. The quantitative estimate of drug-likeness (QED) is 0.550. The first kappa shape index (κ1) is 22.2. The van der Waals surface area contributed by atoms with Crippen LogP contribution in [0.1, 0.15) is 45.4 Å². The van der Waals surface area contributed by atoms with Crippen LogP contribution in [0.4, 0.5) is 0 Å². The van der Waals surface area contributed by atoms with Gasteiger partial charge >= 0.3 is 5.97 Å². The standard InChI is InChI=1S/C24H27N3O4S/c1-5-31-24(28)23-20-15-26(32(29,30)22-11-8-17(3)14-18(22)4)13-12-21(20)27(25-23)19-9-6-16(2)7-10-19/h6-11,14H,5,12-13,15H2,1-4H3. The molecule has 0 aliphatic carbocycles. The van der Waals surface area contributed by atoms with Crippen LogP contribution in [0.15, 0.2) is 47.4 Å². The van der Waals surface area contributed by atoms with Gasteiger partial charge in [-0.3, -0.25) is 0 Å². The summed E-state index contributed by atoms with van der Waals surface area (Å²) in [4.78, 5) is 13.0. The lowest BCUT2D eigenvalue weighted by Crippen LogP contribution is -2.37. The van der Waals surface area contributed by atoms with E-state index in [0.717, 1.165) is 22.5 Å². The van der Waals surface area contributed by atoms with Crippen LogP contribution in [0.5, 0.6) is 0 Å². The highest BCUT2D eigenvalue weighted by molar-refractivity contribution is 7.89. The Bertz CT molecular complexity index is 1280. The molecule has 168 valence electrons. The Morgan fingerprint density at radius 2 is 1.75 bits per heavy atom. The largest absolute Gasteiger partial charge is 0.461 e. The van der Waals surface area contributed by atoms with Crippen molar-refractivity contribution < 1.29 is 17.9 Å². The van der Waals surface area contributed by atoms with Crippen molar-refractivity contribution in [3.63, 3.8) is 0 Å². The van der Waals surface area contributed by atoms with Crippen LogP contribution in [0.2, 0.25) is 0 Å². The van der Waals surface area contributed by atoms with Gasteiger partial charge in [0.05, 0.1) is 22.9 Å². The summed E-state index contributed by atoms with van der Waals surface area (Å²) in [5.41, 5.74) is 5.26. The van der Waals surface area contributed by atoms with Crippen molar-refractivity contribution in [1.82, 2.24) is 14.1 Å². The summed E-state index contributed by atoms with van der Waals surface area (Å²) >= 11 is 0. The first-order chi connectivity index (χ1) is 15.2. The van der Waals surface area contributed by atoms with E-state index in [1.807, 2.05) is 44.2 Å². The number of hydrogen-bond acceptors (Lipinski definition) is 5. The highest BCUT2D eigenvalue weighted by atomic mass is 32.2. The molecule has 7 nitrogen and oxygen atoms in total. The van der Waals surface area contributed by atoms with E-state index < -0.39 is 16.0 Å². The first-order valence-electron chi connectivity index (χ1n) is 10.6. The maximum Gasteiger partial charge on any atom is 0.359 e. The molecule has 32 heavy (non-hydrogen) atoms. The second kappa shape index (κ2) is 8.52. The van der Waals surface area contributed by atoms with Crippen molar-refractivity contribution in [2.45, 2.75) is 45.6 Å². The molecular weight excluding hydrogens is 426 g/mol. The fourth-order valence-corrected chi connectivity index (χ4v) is 5.70. The smallest absolute Gasteiger partial charge is 0.359 e. The number of benzene rings is 2. The predicted octanol–water partition coefficient (Wildman–Crippen LogP) is 3.72. The summed E-state index contributed by atoms with van der Waals surface area (Å²) in [5, 5.41) is 4.55. The minimum Gasteiger partial charge on any atom is -0.461 e. The number of carbonyl (C=O) groups is 1. The van der Waals surface area contributed by atoms with Gasteiger partial charge < -0.3 is 4.74 Å². The fraction of sp³-hybridized carbons (Fsp3) is 0.333. The van der Waals surface area contributed by atoms with Crippen LogP contribution < -0.4 is 0 Å². The van der Waals surface area contributed by atoms with E-state index in [2.05, 4.69) is 5.10 Å². The SMILES string of the molecule is CCOC(=O)c1nn(-c2ccc(C)cc2)c2c1CN(S(=O)(=O)c1ccc(C)cc1C)CC2. The highest BCUT2D eigenvalue weighted by Gasteiger charge is 2.35. The minimum atomic E-state index is -3.72. The molecule has 0 saturated heterocycles. The molecule has 0 N–H and O–H groups in total. The molecule has 0 amide bonds. The van der Waals surface area contributed by atoms with Gasteiger partial charge in [-0.15, -0.1) is 0 Å². The number of sulfonamides is 1. The lowest BCUT2D eigenvalue weighted by atomic mass is 10.1. The van der Waals surface area contributed by atoms with Crippen LogP contribution >= 0.6 is 0 Å². The normalized spacial score (nSPS) is 14.2. The summed E-state index contributed by atoms with van der Waals surface area (Å²) in [6.07, 6.45) is 0.444. The van der Waals surface area contributed by atoms with E-state index in [9.17, 15) is 13.2 Å². The molecule has 8 heteroatoms. The maximum absolute atomic E-state index is 13.4. The number of aryl methyl sites for hydroxylation is 3. The number of ether oxygens (including phenoxy) is 1. The maximum atomic E-state index is 13.4. The number of hydrogen-bond donors (Lipinski definition) is 0. The van der Waals surface area contributed by atoms with Crippen LogP contribution in [-0.2, 0) is 27.7 Å². The van der Waals surface area contributed by atoms with Crippen molar-refractivity contribution >= 4 is 16.0 Å². The average molecular weight is 454 g/mol. The van der Waals surface area contributed by atoms with Gasteiger partial charge in [0.15, 0.2) is 5.69 Å². The van der Waals surface area contributed by atoms with Gasteiger partial charge in [0.25, 0.3) is 0 Å². The Hall–Kier alpha value is -2.97. The van der Waals surface area contributed by atoms with Crippen LogP contribution in [0, 0.1) is 20.8 Å². The predicted molar refractivity (Wildman–Crippen MR) is 121 cm³/mol.